The minimum Gasteiger partial charge on any atom is -0.461 e. The third-order valence-electron chi connectivity index (χ3n) is 3.83. The van der Waals surface area contributed by atoms with Crippen LogP contribution in [0.1, 0.15) is 17.5 Å². The first kappa shape index (κ1) is 15.7. The van der Waals surface area contributed by atoms with Crippen LogP contribution in [0.4, 0.5) is 0 Å². The van der Waals surface area contributed by atoms with Gasteiger partial charge in [-0.15, -0.1) is 11.8 Å². The molecule has 0 radical (unpaired) electrons. The summed E-state index contributed by atoms with van der Waals surface area (Å²) in [7, 11) is 0. The molecule has 0 fully saturated rings. The normalized spacial score (nSPS) is 10.8. The fraction of sp³-hybridized carbons (Fsp3) is 0.211. The molecule has 0 unspecified atom stereocenters. The van der Waals surface area contributed by atoms with Crippen LogP contribution < -0.4 is 0 Å². The molecule has 0 bridgehead atoms. The Kier molecular flexibility index (Phi) is 5.03. The van der Waals surface area contributed by atoms with Crippen molar-refractivity contribution >= 4 is 28.6 Å². The van der Waals surface area contributed by atoms with Gasteiger partial charge >= 0.3 is 5.97 Å². The van der Waals surface area contributed by atoms with Crippen LogP contribution in [-0.4, -0.2) is 17.2 Å². The number of esters is 1. The molecule has 3 rings (SSSR count). The van der Waals surface area contributed by atoms with Gasteiger partial charge < -0.3 is 9.72 Å². The summed E-state index contributed by atoms with van der Waals surface area (Å²) in [4.78, 5) is 16.4. The molecule has 0 spiro atoms. The number of carbonyl (C=O) groups excluding carboxylic acids is 1. The topological polar surface area (TPSA) is 42.1 Å². The number of H-pyrrole nitrogens is 1. The number of thioether (sulfide) groups is 1. The van der Waals surface area contributed by atoms with E-state index in [1.807, 2.05) is 54.9 Å². The molecule has 1 N–H and O–H groups in total. The zero-order chi connectivity index (χ0) is 16.1. The minimum atomic E-state index is -0.163. The molecule has 3 nitrogen and oxygen atoms in total. The van der Waals surface area contributed by atoms with E-state index in [0.717, 1.165) is 16.6 Å². The molecule has 23 heavy (non-hydrogen) atoms. The largest absolute Gasteiger partial charge is 0.461 e. The van der Waals surface area contributed by atoms with Crippen LogP contribution in [0.15, 0.2) is 59.6 Å². The Hall–Kier alpha value is -2.20. The summed E-state index contributed by atoms with van der Waals surface area (Å²) in [6.07, 6.45) is 5.10. The lowest BCUT2D eigenvalue weighted by Gasteiger charge is -2.05. The summed E-state index contributed by atoms with van der Waals surface area (Å²) in [5.41, 5.74) is 3.27. The van der Waals surface area contributed by atoms with Crippen LogP contribution in [0.25, 0.3) is 10.9 Å². The van der Waals surface area contributed by atoms with Crippen molar-refractivity contribution in [2.45, 2.75) is 24.3 Å². The number of aryl methyl sites for hydroxylation is 1. The lowest BCUT2D eigenvalue weighted by Crippen LogP contribution is -2.05. The van der Waals surface area contributed by atoms with E-state index in [2.05, 4.69) is 11.1 Å². The van der Waals surface area contributed by atoms with Crippen LogP contribution in [0.5, 0.6) is 0 Å². The minimum absolute atomic E-state index is 0.163. The highest BCUT2D eigenvalue weighted by atomic mass is 32.2. The Morgan fingerprint density at radius 1 is 1.13 bits per heavy atom. The molecule has 0 aliphatic rings. The van der Waals surface area contributed by atoms with Gasteiger partial charge in [-0.05, 0) is 42.0 Å². The van der Waals surface area contributed by atoms with Gasteiger partial charge in [0.25, 0.3) is 0 Å². The molecule has 4 heteroatoms. The number of ether oxygens (including phenoxy) is 1. The molecule has 0 saturated heterocycles. The van der Waals surface area contributed by atoms with Gasteiger partial charge in [-0.25, -0.2) is 0 Å². The molecule has 0 amide bonds. The number of para-hydroxylation sites is 1. The fourth-order valence-corrected chi connectivity index (χ4v) is 2.94. The molecule has 0 aliphatic carbocycles. The molecular weight excluding hydrogens is 306 g/mol. The molecule has 0 aliphatic heterocycles. The van der Waals surface area contributed by atoms with Crippen molar-refractivity contribution in [2.24, 2.45) is 0 Å². The Labute approximate surface area is 140 Å². The SMILES string of the molecule is CSc1ccc(COC(=O)CCc2c[nH]c3ccccc23)cc1. The van der Waals surface area contributed by atoms with Gasteiger partial charge in [-0.2, -0.15) is 0 Å². The van der Waals surface area contributed by atoms with Crippen LogP contribution in [0.2, 0.25) is 0 Å². The number of carbonyl (C=O) groups is 1. The Balaban J connectivity index is 1.51. The molecule has 0 atom stereocenters. The predicted molar refractivity (Wildman–Crippen MR) is 94.6 cm³/mol. The number of nitrogens with one attached hydrogen (secondary N) is 1. The van der Waals surface area contributed by atoms with E-state index in [9.17, 15) is 4.79 Å². The standard InChI is InChI=1S/C19H19NO2S/c1-23-16-9-6-14(7-10-16)13-22-19(21)11-8-15-12-20-18-5-3-2-4-17(15)18/h2-7,9-10,12,20H,8,11,13H2,1H3. The quantitative estimate of drug-likeness (QED) is 0.533. The van der Waals surface area contributed by atoms with Gasteiger partial charge in [-0.1, -0.05) is 30.3 Å². The summed E-state index contributed by atoms with van der Waals surface area (Å²) in [6, 6.07) is 16.2. The number of aromatic amines is 1. The average molecular weight is 325 g/mol. The van der Waals surface area contributed by atoms with Gasteiger partial charge in [0.15, 0.2) is 0 Å². The maximum absolute atomic E-state index is 11.9. The van der Waals surface area contributed by atoms with Gasteiger partial charge in [0.05, 0.1) is 0 Å². The smallest absolute Gasteiger partial charge is 0.306 e. The Bertz CT molecular complexity index is 792. The first-order valence-corrected chi connectivity index (χ1v) is 8.82. The highest BCUT2D eigenvalue weighted by Crippen LogP contribution is 2.19. The third-order valence-corrected chi connectivity index (χ3v) is 4.58. The summed E-state index contributed by atoms with van der Waals surface area (Å²) in [5.74, 6) is -0.163. The van der Waals surface area contributed by atoms with E-state index in [0.29, 0.717) is 19.4 Å². The average Bonchev–Trinajstić information content (AvgIpc) is 3.02. The van der Waals surface area contributed by atoms with Gasteiger partial charge in [0.1, 0.15) is 6.61 Å². The van der Waals surface area contributed by atoms with Crippen molar-refractivity contribution in [3.8, 4) is 0 Å². The summed E-state index contributed by atoms with van der Waals surface area (Å²) < 4.78 is 5.36. The molecule has 3 aromatic rings. The van der Waals surface area contributed by atoms with E-state index in [1.54, 1.807) is 11.8 Å². The van der Waals surface area contributed by atoms with Crippen LogP contribution >= 0.6 is 11.8 Å². The maximum atomic E-state index is 11.9. The van der Waals surface area contributed by atoms with Crippen LogP contribution in [-0.2, 0) is 22.6 Å². The fourth-order valence-electron chi connectivity index (χ4n) is 2.53. The molecule has 1 aromatic heterocycles. The second kappa shape index (κ2) is 7.38. The zero-order valence-electron chi connectivity index (χ0n) is 13.0. The molecule has 2 aromatic carbocycles. The Morgan fingerprint density at radius 2 is 1.91 bits per heavy atom. The highest BCUT2D eigenvalue weighted by Gasteiger charge is 2.08. The van der Waals surface area contributed by atoms with Gasteiger partial charge in [0, 0.05) is 28.4 Å². The second-order valence-corrected chi connectivity index (χ2v) is 6.25. The van der Waals surface area contributed by atoms with Crippen molar-refractivity contribution in [2.75, 3.05) is 6.26 Å². The maximum Gasteiger partial charge on any atom is 0.306 e. The van der Waals surface area contributed by atoms with E-state index in [-0.39, 0.29) is 5.97 Å². The second-order valence-electron chi connectivity index (χ2n) is 5.37. The third kappa shape index (κ3) is 3.96. The van der Waals surface area contributed by atoms with Crippen molar-refractivity contribution in [3.05, 3.63) is 65.9 Å². The monoisotopic (exact) mass is 325 g/mol. The summed E-state index contributed by atoms with van der Waals surface area (Å²) in [5, 5.41) is 1.17. The highest BCUT2D eigenvalue weighted by molar-refractivity contribution is 7.98. The van der Waals surface area contributed by atoms with Crippen molar-refractivity contribution in [1.29, 1.82) is 0 Å². The van der Waals surface area contributed by atoms with Crippen molar-refractivity contribution < 1.29 is 9.53 Å². The van der Waals surface area contributed by atoms with E-state index in [4.69, 9.17) is 4.74 Å². The summed E-state index contributed by atoms with van der Waals surface area (Å²) >= 11 is 1.70. The predicted octanol–water partition coefficient (Wildman–Crippen LogP) is 4.57. The van der Waals surface area contributed by atoms with Crippen LogP contribution in [0, 0.1) is 0 Å². The van der Waals surface area contributed by atoms with E-state index in [1.165, 1.54) is 10.3 Å². The molecule has 1 heterocycles. The molecular formula is C19H19NO2S. The first-order valence-electron chi connectivity index (χ1n) is 7.60. The first-order chi connectivity index (χ1) is 11.3. The van der Waals surface area contributed by atoms with E-state index >= 15 is 0 Å². The number of aromatic nitrogens is 1. The number of hydrogen-bond donors (Lipinski definition) is 1. The van der Waals surface area contributed by atoms with E-state index < -0.39 is 0 Å². The van der Waals surface area contributed by atoms with Gasteiger partial charge in [-0.3, -0.25) is 4.79 Å². The number of rotatable bonds is 6. The number of fused-ring (bicyclic) bond motifs is 1. The van der Waals surface area contributed by atoms with Crippen LogP contribution in [0.3, 0.4) is 0 Å². The zero-order valence-corrected chi connectivity index (χ0v) is 13.9. The lowest BCUT2D eigenvalue weighted by molar-refractivity contribution is -0.144. The van der Waals surface area contributed by atoms with Gasteiger partial charge in [0.2, 0.25) is 0 Å². The molecule has 0 saturated carbocycles. The lowest BCUT2D eigenvalue weighted by atomic mass is 10.1. The Morgan fingerprint density at radius 3 is 2.70 bits per heavy atom. The number of hydrogen-bond acceptors (Lipinski definition) is 3. The van der Waals surface area contributed by atoms with Crippen molar-refractivity contribution in [1.82, 2.24) is 4.98 Å². The van der Waals surface area contributed by atoms with Crippen molar-refractivity contribution in [3.63, 3.8) is 0 Å². The molecule has 118 valence electrons. The summed E-state index contributed by atoms with van der Waals surface area (Å²) in [6.45, 7) is 0.335. The number of benzene rings is 2.